The fraction of sp³-hybridized carbons (Fsp3) is 0.364. The molecule has 27 heavy (non-hydrogen) atoms. The van der Waals surface area contributed by atoms with E-state index in [1.54, 1.807) is 0 Å². The molecule has 0 atom stereocenters. The van der Waals surface area contributed by atoms with Gasteiger partial charge in [0.15, 0.2) is 0 Å². The minimum Gasteiger partial charge on any atom is -0.349 e. The summed E-state index contributed by atoms with van der Waals surface area (Å²) >= 11 is 0. The van der Waals surface area contributed by atoms with E-state index < -0.39 is 0 Å². The van der Waals surface area contributed by atoms with E-state index in [4.69, 9.17) is 0 Å². The fourth-order valence-corrected chi connectivity index (χ4v) is 3.92. The SMILES string of the molecule is O=C(NC1CC1)c1ccc2c(-c3cnn(C4CCNCC4)c3)cccc2c1. The van der Waals surface area contributed by atoms with E-state index in [-0.39, 0.29) is 5.91 Å². The van der Waals surface area contributed by atoms with Gasteiger partial charge in [-0.3, -0.25) is 9.48 Å². The number of benzene rings is 2. The molecule has 2 aliphatic rings. The van der Waals surface area contributed by atoms with E-state index in [9.17, 15) is 4.79 Å². The Hall–Kier alpha value is -2.66. The molecule has 2 N–H and O–H groups in total. The molecular weight excluding hydrogens is 336 g/mol. The number of aromatic nitrogens is 2. The molecule has 0 unspecified atom stereocenters. The Balaban J connectivity index is 1.46. The zero-order valence-electron chi connectivity index (χ0n) is 15.3. The van der Waals surface area contributed by atoms with Crippen molar-refractivity contribution in [3.8, 4) is 11.1 Å². The van der Waals surface area contributed by atoms with Crippen LogP contribution >= 0.6 is 0 Å². The van der Waals surface area contributed by atoms with Crippen LogP contribution in [-0.2, 0) is 0 Å². The lowest BCUT2D eigenvalue weighted by molar-refractivity contribution is 0.0951. The summed E-state index contributed by atoms with van der Waals surface area (Å²) in [5, 5.41) is 13.3. The van der Waals surface area contributed by atoms with E-state index in [1.165, 1.54) is 5.56 Å². The van der Waals surface area contributed by atoms with Gasteiger partial charge in [0.2, 0.25) is 0 Å². The maximum atomic E-state index is 12.3. The molecule has 0 bridgehead atoms. The van der Waals surface area contributed by atoms with Crippen molar-refractivity contribution in [2.45, 2.75) is 37.8 Å². The van der Waals surface area contributed by atoms with Gasteiger partial charge in [-0.25, -0.2) is 0 Å². The molecule has 2 fully saturated rings. The Bertz CT molecular complexity index is 983. The van der Waals surface area contributed by atoms with Crippen LogP contribution in [0, 0.1) is 0 Å². The van der Waals surface area contributed by atoms with E-state index in [0.29, 0.717) is 12.1 Å². The van der Waals surface area contributed by atoms with Crippen LogP contribution in [0.15, 0.2) is 48.8 Å². The quantitative estimate of drug-likeness (QED) is 0.748. The number of hydrogen-bond donors (Lipinski definition) is 2. The van der Waals surface area contributed by atoms with Gasteiger partial charge < -0.3 is 10.6 Å². The monoisotopic (exact) mass is 360 g/mol. The van der Waals surface area contributed by atoms with Crippen LogP contribution in [0.1, 0.15) is 42.1 Å². The summed E-state index contributed by atoms with van der Waals surface area (Å²) in [5.74, 6) is 0.0310. The molecule has 138 valence electrons. The number of rotatable bonds is 4. The van der Waals surface area contributed by atoms with Crippen LogP contribution in [0.25, 0.3) is 21.9 Å². The van der Waals surface area contributed by atoms with Gasteiger partial charge in [-0.2, -0.15) is 5.10 Å². The second-order valence-corrected chi connectivity index (χ2v) is 7.68. The van der Waals surface area contributed by atoms with Crippen LogP contribution in [0.2, 0.25) is 0 Å². The minimum absolute atomic E-state index is 0.0310. The number of amides is 1. The third kappa shape index (κ3) is 3.35. The van der Waals surface area contributed by atoms with Crippen molar-refractivity contribution in [2.75, 3.05) is 13.1 Å². The van der Waals surface area contributed by atoms with Gasteiger partial charge in [0.1, 0.15) is 0 Å². The van der Waals surface area contributed by atoms with Gasteiger partial charge in [-0.05, 0) is 67.2 Å². The second-order valence-electron chi connectivity index (χ2n) is 7.68. The average Bonchev–Trinajstić information content (AvgIpc) is 3.39. The number of nitrogens with one attached hydrogen (secondary N) is 2. The van der Waals surface area contributed by atoms with Gasteiger partial charge in [0, 0.05) is 23.4 Å². The van der Waals surface area contributed by atoms with Gasteiger partial charge in [-0.15, -0.1) is 0 Å². The molecular formula is C22H24N4O. The molecule has 0 spiro atoms. The lowest BCUT2D eigenvalue weighted by atomic mass is 9.98. The van der Waals surface area contributed by atoms with Crippen molar-refractivity contribution < 1.29 is 4.79 Å². The normalized spacial score (nSPS) is 17.9. The van der Waals surface area contributed by atoms with Crippen molar-refractivity contribution in [3.05, 3.63) is 54.4 Å². The molecule has 1 amide bonds. The molecule has 5 heteroatoms. The van der Waals surface area contributed by atoms with Crippen LogP contribution in [0.4, 0.5) is 0 Å². The van der Waals surface area contributed by atoms with Gasteiger partial charge in [-0.1, -0.05) is 24.3 Å². The van der Waals surface area contributed by atoms with Crippen molar-refractivity contribution in [2.24, 2.45) is 0 Å². The van der Waals surface area contributed by atoms with E-state index in [0.717, 1.165) is 60.7 Å². The minimum atomic E-state index is 0.0310. The maximum absolute atomic E-state index is 12.3. The lowest BCUT2D eigenvalue weighted by Crippen LogP contribution is -2.29. The number of nitrogens with zero attached hydrogens (tertiary/aromatic N) is 2. The van der Waals surface area contributed by atoms with E-state index in [2.05, 4.69) is 50.9 Å². The van der Waals surface area contributed by atoms with Crippen LogP contribution < -0.4 is 10.6 Å². The largest absolute Gasteiger partial charge is 0.349 e. The Morgan fingerprint density at radius 2 is 1.96 bits per heavy atom. The number of carbonyl (C=O) groups excluding carboxylic acids is 1. The Labute approximate surface area is 158 Å². The second kappa shape index (κ2) is 6.82. The first-order valence-corrected chi connectivity index (χ1v) is 9.87. The third-order valence-electron chi connectivity index (χ3n) is 5.65. The predicted molar refractivity (Wildman–Crippen MR) is 107 cm³/mol. The van der Waals surface area contributed by atoms with Crippen molar-refractivity contribution >= 4 is 16.7 Å². The molecule has 3 aromatic rings. The lowest BCUT2D eigenvalue weighted by Gasteiger charge is -2.22. The zero-order valence-corrected chi connectivity index (χ0v) is 15.3. The standard InChI is InChI=1S/C22H24N4O/c27-22(25-18-5-6-18)16-4-7-21-15(12-16)2-1-3-20(21)17-13-24-26(14-17)19-8-10-23-11-9-19/h1-4,7,12-14,18-19,23H,5-6,8-11H2,(H,25,27). The topological polar surface area (TPSA) is 59.0 Å². The van der Waals surface area contributed by atoms with E-state index >= 15 is 0 Å². The molecule has 1 aromatic heterocycles. The zero-order chi connectivity index (χ0) is 18.2. The van der Waals surface area contributed by atoms with Crippen LogP contribution in [0.5, 0.6) is 0 Å². The van der Waals surface area contributed by atoms with Crippen molar-refractivity contribution in [1.29, 1.82) is 0 Å². The first-order chi connectivity index (χ1) is 13.3. The molecule has 1 saturated carbocycles. The van der Waals surface area contributed by atoms with Crippen molar-refractivity contribution in [1.82, 2.24) is 20.4 Å². The molecule has 0 radical (unpaired) electrons. The number of fused-ring (bicyclic) bond motifs is 1. The highest BCUT2D eigenvalue weighted by Gasteiger charge is 2.24. The Morgan fingerprint density at radius 3 is 2.78 bits per heavy atom. The summed E-state index contributed by atoms with van der Waals surface area (Å²) < 4.78 is 2.12. The fourth-order valence-electron chi connectivity index (χ4n) is 3.92. The highest BCUT2D eigenvalue weighted by molar-refractivity contribution is 6.02. The Kier molecular flexibility index (Phi) is 4.17. The molecule has 5 rings (SSSR count). The summed E-state index contributed by atoms with van der Waals surface area (Å²) in [4.78, 5) is 12.3. The molecule has 2 aromatic carbocycles. The number of carbonyl (C=O) groups is 1. The summed E-state index contributed by atoms with van der Waals surface area (Å²) in [7, 11) is 0. The average molecular weight is 360 g/mol. The maximum Gasteiger partial charge on any atom is 0.251 e. The first kappa shape index (κ1) is 16.5. The number of piperidine rings is 1. The summed E-state index contributed by atoms with van der Waals surface area (Å²) in [5.41, 5.74) is 3.04. The van der Waals surface area contributed by atoms with Crippen LogP contribution in [0.3, 0.4) is 0 Å². The molecule has 1 saturated heterocycles. The Morgan fingerprint density at radius 1 is 1.11 bits per heavy atom. The highest BCUT2D eigenvalue weighted by Crippen LogP contribution is 2.30. The molecule has 1 aliphatic carbocycles. The summed E-state index contributed by atoms with van der Waals surface area (Å²) in [6.07, 6.45) is 8.57. The van der Waals surface area contributed by atoms with Gasteiger partial charge in [0.05, 0.1) is 12.2 Å². The molecule has 2 heterocycles. The molecule has 5 nitrogen and oxygen atoms in total. The van der Waals surface area contributed by atoms with Crippen molar-refractivity contribution in [3.63, 3.8) is 0 Å². The van der Waals surface area contributed by atoms with Crippen LogP contribution in [-0.4, -0.2) is 34.8 Å². The van der Waals surface area contributed by atoms with Gasteiger partial charge >= 0.3 is 0 Å². The summed E-state index contributed by atoms with van der Waals surface area (Å²) in [6, 6.07) is 13.1. The van der Waals surface area contributed by atoms with Gasteiger partial charge in [0.25, 0.3) is 5.91 Å². The first-order valence-electron chi connectivity index (χ1n) is 9.87. The highest BCUT2D eigenvalue weighted by atomic mass is 16.1. The predicted octanol–water partition coefficient (Wildman–Crippen LogP) is 3.52. The van der Waals surface area contributed by atoms with E-state index in [1.807, 2.05) is 18.3 Å². The molecule has 1 aliphatic heterocycles. The third-order valence-corrected chi connectivity index (χ3v) is 5.65. The number of hydrogen-bond acceptors (Lipinski definition) is 3. The smallest absolute Gasteiger partial charge is 0.251 e. The summed E-state index contributed by atoms with van der Waals surface area (Å²) in [6.45, 7) is 2.11.